The van der Waals surface area contributed by atoms with E-state index < -0.39 is 0 Å². The first-order valence-electron chi connectivity index (χ1n) is 10.2. The van der Waals surface area contributed by atoms with Crippen LogP contribution in [0.1, 0.15) is 22.0 Å². The summed E-state index contributed by atoms with van der Waals surface area (Å²) >= 11 is 0. The summed E-state index contributed by atoms with van der Waals surface area (Å²) < 4.78 is 15.1. The molecule has 0 aliphatic carbocycles. The molecule has 0 spiro atoms. The van der Waals surface area contributed by atoms with Gasteiger partial charge >= 0.3 is 0 Å². The molecule has 0 aliphatic rings. The molecule has 3 aromatic carbocycles. The summed E-state index contributed by atoms with van der Waals surface area (Å²) in [6.45, 7) is 0.324. The van der Waals surface area contributed by atoms with E-state index in [1.807, 2.05) is 31.1 Å². The van der Waals surface area contributed by atoms with Crippen molar-refractivity contribution in [1.29, 1.82) is 0 Å². The lowest BCUT2D eigenvalue weighted by Crippen LogP contribution is -2.34. The smallest absolute Gasteiger partial charge is 0.265 e. The molecule has 0 aliphatic heterocycles. The number of para-hydroxylation sites is 1. The van der Waals surface area contributed by atoms with Crippen LogP contribution in [0.25, 0.3) is 16.6 Å². The number of hydrogen-bond donors (Lipinski definition) is 1. The Labute approximate surface area is 184 Å². The first-order chi connectivity index (χ1) is 15.4. The third kappa shape index (κ3) is 4.43. The first kappa shape index (κ1) is 21.4. The van der Waals surface area contributed by atoms with Gasteiger partial charge in [-0.05, 0) is 68.2 Å². The Balaban J connectivity index is 1.50. The molecular formula is C25H23FN4O2. The zero-order valence-corrected chi connectivity index (χ0v) is 17.8. The van der Waals surface area contributed by atoms with Crippen molar-refractivity contribution >= 4 is 16.8 Å². The van der Waals surface area contributed by atoms with E-state index in [4.69, 9.17) is 0 Å². The number of hydrogen-bond acceptors (Lipinski definition) is 4. The van der Waals surface area contributed by atoms with E-state index in [2.05, 4.69) is 10.3 Å². The van der Waals surface area contributed by atoms with Gasteiger partial charge in [-0.1, -0.05) is 24.3 Å². The van der Waals surface area contributed by atoms with Crippen molar-refractivity contribution in [3.05, 3.63) is 106 Å². The minimum atomic E-state index is -0.310. The second-order valence-electron chi connectivity index (χ2n) is 7.73. The van der Waals surface area contributed by atoms with Crippen molar-refractivity contribution in [2.45, 2.75) is 6.04 Å². The molecule has 1 N–H and O–H groups in total. The fourth-order valence-corrected chi connectivity index (χ4v) is 3.63. The number of fused-ring (bicyclic) bond motifs is 1. The molecule has 1 heterocycles. The lowest BCUT2D eigenvalue weighted by Gasteiger charge is -2.25. The van der Waals surface area contributed by atoms with E-state index in [9.17, 15) is 14.0 Å². The van der Waals surface area contributed by atoms with Crippen LogP contribution in [-0.4, -0.2) is 41.0 Å². The van der Waals surface area contributed by atoms with Crippen molar-refractivity contribution in [2.75, 3.05) is 20.6 Å². The number of likely N-dealkylation sites (N-methyl/N-ethyl adjacent to an activating group) is 1. The van der Waals surface area contributed by atoms with Gasteiger partial charge in [0, 0.05) is 12.1 Å². The second kappa shape index (κ2) is 9.11. The van der Waals surface area contributed by atoms with Gasteiger partial charge in [0.2, 0.25) is 0 Å². The monoisotopic (exact) mass is 430 g/mol. The Morgan fingerprint density at radius 2 is 1.81 bits per heavy atom. The molecule has 4 aromatic rings. The molecule has 162 valence electrons. The van der Waals surface area contributed by atoms with Gasteiger partial charge < -0.3 is 10.2 Å². The Hall–Kier alpha value is -3.84. The van der Waals surface area contributed by atoms with Crippen molar-refractivity contribution in [3.8, 4) is 5.69 Å². The third-order valence-corrected chi connectivity index (χ3v) is 5.39. The number of nitrogens with one attached hydrogen (secondary N) is 1. The van der Waals surface area contributed by atoms with Gasteiger partial charge in [0.15, 0.2) is 0 Å². The third-order valence-electron chi connectivity index (χ3n) is 5.39. The maximum atomic E-state index is 13.6. The number of carbonyl (C=O) groups excluding carboxylic acids is 1. The molecule has 0 saturated carbocycles. The van der Waals surface area contributed by atoms with Gasteiger partial charge in [0.05, 0.1) is 22.6 Å². The highest BCUT2D eigenvalue weighted by Crippen LogP contribution is 2.18. The first-order valence-corrected chi connectivity index (χ1v) is 10.2. The molecular weight excluding hydrogens is 407 g/mol. The minimum absolute atomic E-state index is 0.170. The number of aromatic nitrogens is 2. The van der Waals surface area contributed by atoms with E-state index in [1.54, 1.807) is 48.5 Å². The Morgan fingerprint density at radius 1 is 1.06 bits per heavy atom. The summed E-state index contributed by atoms with van der Waals surface area (Å²) in [6, 6.07) is 20.1. The van der Waals surface area contributed by atoms with Gasteiger partial charge in [0.1, 0.15) is 12.1 Å². The molecule has 6 nitrogen and oxygen atoms in total. The van der Waals surface area contributed by atoms with Crippen molar-refractivity contribution in [3.63, 3.8) is 0 Å². The summed E-state index contributed by atoms with van der Waals surface area (Å²) in [4.78, 5) is 31.7. The maximum Gasteiger partial charge on any atom is 0.265 e. The highest BCUT2D eigenvalue weighted by atomic mass is 19.1. The number of nitrogens with zero attached hydrogens (tertiary/aromatic N) is 3. The maximum absolute atomic E-state index is 13.6. The zero-order valence-electron chi connectivity index (χ0n) is 17.8. The van der Waals surface area contributed by atoms with Crippen LogP contribution in [0.2, 0.25) is 0 Å². The zero-order chi connectivity index (χ0) is 22.7. The second-order valence-corrected chi connectivity index (χ2v) is 7.73. The van der Waals surface area contributed by atoms with Crippen molar-refractivity contribution < 1.29 is 9.18 Å². The largest absolute Gasteiger partial charge is 0.350 e. The predicted molar refractivity (Wildman–Crippen MR) is 123 cm³/mol. The van der Waals surface area contributed by atoms with Crippen LogP contribution in [0.4, 0.5) is 4.39 Å². The SMILES string of the molecule is CN(C)[C@H](CNC(=O)c1ccc(-n2cnc3ccccc3c2=O)cc1)c1cccc(F)c1. The van der Waals surface area contributed by atoms with Gasteiger partial charge in [-0.3, -0.25) is 14.2 Å². The molecule has 7 heteroatoms. The van der Waals surface area contributed by atoms with E-state index >= 15 is 0 Å². The van der Waals surface area contributed by atoms with E-state index in [0.717, 1.165) is 5.56 Å². The number of benzene rings is 3. The molecule has 1 aromatic heterocycles. The number of halogens is 1. The molecule has 0 unspecified atom stereocenters. The number of carbonyl (C=O) groups is 1. The molecule has 4 rings (SSSR count). The van der Waals surface area contributed by atoms with Gasteiger partial charge in [-0.25, -0.2) is 9.37 Å². The lowest BCUT2D eigenvalue weighted by molar-refractivity contribution is 0.0942. The molecule has 0 fully saturated rings. The van der Waals surface area contributed by atoms with Crippen LogP contribution in [-0.2, 0) is 0 Å². The fourth-order valence-electron chi connectivity index (χ4n) is 3.63. The fraction of sp³-hybridized carbons (Fsp3) is 0.160. The summed E-state index contributed by atoms with van der Waals surface area (Å²) in [5.41, 5.74) is 2.34. The predicted octanol–water partition coefficient (Wildman–Crippen LogP) is 3.56. The van der Waals surface area contributed by atoms with Crippen molar-refractivity contribution in [1.82, 2.24) is 19.8 Å². The molecule has 0 bridgehead atoms. The molecule has 0 saturated heterocycles. The van der Waals surface area contributed by atoms with Crippen LogP contribution >= 0.6 is 0 Å². The van der Waals surface area contributed by atoms with E-state index in [-0.39, 0.29) is 23.3 Å². The number of amides is 1. The summed E-state index contributed by atoms with van der Waals surface area (Å²) in [7, 11) is 3.76. The minimum Gasteiger partial charge on any atom is -0.350 e. The Kier molecular flexibility index (Phi) is 6.09. The summed E-state index contributed by atoms with van der Waals surface area (Å²) in [6.07, 6.45) is 1.49. The van der Waals surface area contributed by atoms with Crippen LogP contribution in [0, 0.1) is 5.82 Å². The van der Waals surface area contributed by atoms with E-state index in [1.165, 1.54) is 23.0 Å². The van der Waals surface area contributed by atoms with E-state index in [0.29, 0.717) is 28.7 Å². The van der Waals surface area contributed by atoms with Crippen LogP contribution < -0.4 is 10.9 Å². The highest BCUT2D eigenvalue weighted by Gasteiger charge is 2.16. The highest BCUT2D eigenvalue weighted by molar-refractivity contribution is 5.94. The van der Waals surface area contributed by atoms with Crippen LogP contribution in [0.15, 0.2) is 83.9 Å². The Morgan fingerprint density at radius 3 is 2.53 bits per heavy atom. The molecule has 1 atom stereocenters. The van der Waals surface area contributed by atoms with Crippen molar-refractivity contribution in [2.24, 2.45) is 0 Å². The average Bonchev–Trinajstić information content (AvgIpc) is 2.79. The summed E-state index contributed by atoms with van der Waals surface area (Å²) in [5.74, 6) is -0.557. The topological polar surface area (TPSA) is 67.2 Å². The molecule has 0 radical (unpaired) electrons. The Bertz CT molecular complexity index is 1320. The standard InChI is InChI=1S/C25H23FN4O2/c1-29(2)23(18-6-5-7-19(26)14-18)15-27-24(31)17-10-12-20(13-11-17)30-16-28-22-9-4-3-8-21(22)25(30)32/h3-14,16,23H,15H2,1-2H3,(H,27,31)/t23-/m1/s1. The average molecular weight is 430 g/mol. The number of rotatable bonds is 6. The van der Waals surface area contributed by atoms with Crippen LogP contribution in [0.3, 0.4) is 0 Å². The van der Waals surface area contributed by atoms with Gasteiger partial charge in [0.25, 0.3) is 11.5 Å². The summed E-state index contributed by atoms with van der Waals surface area (Å²) in [5, 5.41) is 3.44. The molecule has 1 amide bonds. The van der Waals surface area contributed by atoms with Gasteiger partial charge in [-0.15, -0.1) is 0 Å². The quantitative estimate of drug-likeness (QED) is 0.508. The lowest BCUT2D eigenvalue weighted by atomic mass is 10.1. The molecule has 32 heavy (non-hydrogen) atoms. The van der Waals surface area contributed by atoms with Crippen LogP contribution in [0.5, 0.6) is 0 Å². The van der Waals surface area contributed by atoms with Gasteiger partial charge in [-0.2, -0.15) is 0 Å². The normalized spacial score (nSPS) is 12.1.